The number of piperidine rings is 1. The number of rotatable bonds is 3. The Balaban J connectivity index is 1.39. The molecule has 2 aliphatic heterocycles. The minimum atomic E-state index is -2.82. The summed E-state index contributed by atoms with van der Waals surface area (Å²) < 4.78 is 28.5. The van der Waals surface area contributed by atoms with Gasteiger partial charge in [-0.3, -0.25) is 4.90 Å². The number of hydrogen-bond donors (Lipinski definition) is 1. The van der Waals surface area contributed by atoms with Gasteiger partial charge in [0.1, 0.15) is 6.10 Å². The number of hydrogen-bond acceptors (Lipinski definition) is 5. The van der Waals surface area contributed by atoms with E-state index in [1.54, 1.807) is 0 Å². The van der Waals surface area contributed by atoms with Gasteiger partial charge in [0.05, 0.1) is 11.5 Å². The van der Waals surface area contributed by atoms with Crippen LogP contribution in [0.2, 0.25) is 0 Å². The molecule has 1 N–H and O–H groups in total. The van der Waals surface area contributed by atoms with Gasteiger partial charge in [-0.15, -0.1) is 0 Å². The van der Waals surface area contributed by atoms with Crippen molar-refractivity contribution >= 4 is 15.9 Å². The number of likely N-dealkylation sites (tertiary alicyclic amines) is 1. The molecule has 0 radical (unpaired) electrons. The van der Waals surface area contributed by atoms with E-state index in [-0.39, 0.29) is 24.3 Å². The first-order valence-electron chi connectivity index (χ1n) is 8.43. The topological polar surface area (TPSA) is 75.7 Å². The molecule has 2 saturated heterocycles. The summed E-state index contributed by atoms with van der Waals surface area (Å²) in [5.74, 6) is 0.623. The number of sulfone groups is 1. The molecule has 1 saturated carbocycles. The average Bonchev–Trinajstić information content (AvgIpc) is 3.09. The van der Waals surface area contributed by atoms with E-state index in [0.717, 1.165) is 58.0 Å². The molecule has 0 spiro atoms. The molecular weight excluding hydrogens is 304 g/mol. The number of amides is 1. The molecule has 3 fully saturated rings. The minimum absolute atomic E-state index is 0.101. The van der Waals surface area contributed by atoms with Gasteiger partial charge in [-0.1, -0.05) is 0 Å². The summed E-state index contributed by atoms with van der Waals surface area (Å²) in [4.78, 5) is 14.1. The second-order valence-corrected chi connectivity index (χ2v) is 9.05. The zero-order valence-electron chi connectivity index (χ0n) is 13.0. The zero-order valence-corrected chi connectivity index (χ0v) is 13.8. The molecule has 3 aliphatic rings. The van der Waals surface area contributed by atoms with Crippen LogP contribution in [-0.4, -0.2) is 62.2 Å². The number of carbonyl (C=O) groups excluding carboxylic acids is 1. The van der Waals surface area contributed by atoms with Crippen molar-refractivity contribution in [1.82, 2.24) is 10.2 Å². The molecule has 6 nitrogen and oxygen atoms in total. The van der Waals surface area contributed by atoms with Gasteiger partial charge in [0.25, 0.3) is 0 Å². The fourth-order valence-electron chi connectivity index (χ4n) is 3.83. The van der Waals surface area contributed by atoms with Crippen LogP contribution in [0.5, 0.6) is 0 Å². The standard InChI is InChI=1S/C15H26N2O4S/c18-15(21-14-3-1-2-4-14)16-12-5-8-17(9-6-12)13-7-10-22(19,20)11-13/h12-14H,1-11H2,(H,16,18)/t13-/m1/s1. The van der Waals surface area contributed by atoms with Crippen molar-refractivity contribution in [2.75, 3.05) is 24.6 Å². The van der Waals surface area contributed by atoms with Gasteiger partial charge in [0, 0.05) is 25.2 Å². The Morgan fingerprint density at radius 2 is 1.73 bits per heavy atom. The predicted octanol–water partition coefficient (Wildman–Crippen LogP) is 1.31. The lowest BCUT2D eigenvalue weighted by atomic mass is 10.0. The molecule has 2 heterocycles. The van der Waals surface area contributed by atoms with Crippen molar-refractivity contribution in [3.05, 3.63) is 0 Å². The van der Waals surface area contributed by atoms with Crippen molar-refractivity contribution in [2.24, 2.45) is 0 Å². The number of carbonyl (C=O) groups is 1. The van der Waals surface area contributed by atoms with Crippen molar-refractivity contribution in [1.29, 1.82) is 0 Å². The summed E-state index contributed by atoms with van der Waals surface area (Å²) in [6.07, 6.45) is 6.60. The summed E-state index contributed by atoms with van der Waals surface area (Å²) in [7, 11) is -2.82. The van der Waals surface area contributed by atoms with Crippen LogP contribution in [0.4, 0.5) is 4.79 Å². The van der Waals surface area contributed by atoms with E-state index >= 15 is 0 Å². The van der Waals surface area contributed by atoms with Crippen LogP contribution in [-0.2, 0) is 14.6 Å². The van der Waals surface area contributed by atoms with Crippen LogP contribution in [0.3, 0.4) is 0 Å². The zero-order chi connectivity index (χ0) is 15.6. The number of alkyl carbamates (subject to hydrolysis) is 1. The van der Waals surface area contributed by atoms with E-state index in [9.17, 15) is 13.2 Å². The highest BCUT2D eigenvalue weighted by Crippen LogP contribution is 2.23. The number of nitrogens with one attached hydrogen (secondary N) is 1. The van der Waals surface area contributed by atoms with Crippen molar-refractivity contribution in [2.45, 2.75) is 63.1 Å². The Morgan fingerprint density at radius 3 is 2.32 bits per heavy atom. The lowest BCUT2D eigenvalue weighted by Gasteiger charge is -2.35. The quantitative estimate of drug-likeness (QED) is 0.844. The molecule has 0 bridgehead atoms. The maximum Gasteiger partial charge on any atom is 0.407 e. The molecule has 1 amide bonds. The van der Waals surface area contributed by atoms with Gasteiger partial charge in [0.15, 0.2) is 9.84 Å². The van der Waals surface area contributed by atoms with E-state index in [1.807, 2.05) is 0 Å². The molecule has 0 aromatic carbocycles. The summed E-state index contributed by atoms with van der Waals surface area (Å²) >= 11 is 0. The summed E-state index contributed by atoms with van der Waals surface area (Å²) in [6, 6.07) is 0.333. The molecule has 0 aromatic rings. The molecule has 1 atom stereocenters. The maximum absolute atomic E-state index is 11.9. The lowest BCUT2D eigenvalue weighted by molar-refractivity contribution is 0.0904. The van der Waals surface area contributed by atoms with Gasteiger partial charge >= 0.3 is 6.09 Å². The fraction of sp³-hybridized carbons (Fsp3) is 0.933. The van der Waals surface area contributed by atoms with Gasteiger partial charge in [-0.2, -0.15) is 0 Å². The van der Waals surface area contributed by atoms with Gasteiger partial charge in [-0.25, -0.2) is 13.2 Å². The Morgan fingerprint density at radius 1 is 1.05 bits per heavy atom. The van der Waals surface area contributed by atoms with Crippen LogP contribution < -0.4 is 5.32 Å². The maximum atomic E-state index is 11.9. The molecule has 3 rings (SSSR count). The van der Waals surface area contributed by atoms with Gasteiger partial charge in [0.2, 0.25) is 0 Å². The van der Waals surface area contributed by atoms with Crippen molar-refractivity contribution < 1.29 is 17.9 Å². The molecule has 1 aliphatic carbocycles. The van der Waals surface area contributed by atoms with Crippen LogP contribution in [0.1, 0.15) is 44.9 Å². The number of ether oxygens (including phenoxy) is 1. The molecule has 0 aromatic heterocycles. The number of nitrogens with zero attached hydrogens (tertiary/aromatic N) is 1. The van der Waals surface area contributed by atoms with E-state index in [1.165, 1.54) is 0 Å². The van der Waals surface area contributed by atoms with Crippen LogP contribution in [0.25, 0.3) is 0 Å². The second kappa shape index (κ2) is 6.74. The Labute approximate surface area is 132 Å². The first-order valence-corrected chi connectivity index (χ1v) is 10.3. The van der Waals surface area contributed by atoms with E-state index in [2.05, 4.69) is 10.2 Å². The SMILES string of the molecule is O=C(NC1CCN([C@@H]2CCS(=O)(=O)C2)CC1)OC1CCCC1. The molecular formula is C15H26N2O4S. The predicted molar refractivity (Wildman–Crippen MR) is 83.5 cm³/mol. The van der Waals surface area contributed by atoms with E-state index in [4.69, 9.17) is 4.74 Å². The third-order valence-electron chi connectivity index (χ3n) is 5.15. The summed E-state index contributed by atoms with van der Waals surface area (Å²) in [5, 5.41) is 2.97. The molecule has 126 valence electrons. The Kier molecular flexibility index (Phi) is 4.92. The normalized spacial score (nSPS) is 30.5. The summed E-state index contributed by atoms with van der Waals surface area (Å²) in [5.41, 5.74) is 0. The first-order chi connectivity index (χ1) is 10.5. The van der Waals surface area contributed by atoms with Crippen molar-refractivity contribution in [3.63, 3.8) is 0 Å². The van der Waals surface area contributed by atoms with Crippen molar-refractivity contribution in [3.8, 4) is 0 Å². The second-order valence-electron chi connectivity index (χ2n) is 6.82. The third-order valence-corrected chi connectivity index (χ3v) is 6.90. The summed E-state index contributed by atoms with van der Waals surface area (Å²) in [6.45, 7) is 1.71. The highest BCUT2D eigenvalue weighted by atomic mass is 32.2. The lowest BCUT2D eigenvalue weighted by Crippen LogP contribution is -2.48. The van der Waals surface area contributed by atoms with Crippen LogP contribution in [0, 0.1) is 0 Å². The largest absolute Gasteiger partial charge is 0.446 e. The smallest absolute Gasteiger partial charge is 0.407 e. The molecule has 22 heavy (non-hydrogen) atoms. The van der Waals surface area contributed by atoms with Crippen LogP contribution >= 0.6 is 0 Å². The van der Waals surface area contributed by atoms with E-state index < -0.39 is 9.84 Å². The minimum Gasteiger partial charge on any atom is -0.446 e. The Bertz CT molecular complexity index is 494. The molecule has 0 unspecified atom stereocenters. The van der Waals surface area contributed by atoms with Crippen LogP contribution in [0.15, 0.2) is 0 Å². The average molecular weight is 330 g/mol. The van der Waals surface area contributed by atoms with Gasteiger partial charge in [-0.05, 0) is 44.9 Å². The third kappa shape index (κ3) is 4.13. The molecule has 7 heteroatoms. The fourth-order valence-corrected chi connectivity index (χ4v) is 5.59. The monoisotopic (exact) mass is 330 g/mol. The highest BCUT2D eigenvalue weighted by Gasteiger charge is 2.34. The highest BCUT2D eigenvalue weighted by molar-refractivity contribution is 7.91. The van der Waals surface area contributed by atoms with E-state index in [0.29, 0.717) is 11.5 Å². The Hall–Kier alpha value is -0.820. The van der Waals surface area contributed by atoms with Gasteiger partial charge < -0.3 is 10.1 Å². The first kappa shape index (κ1) is 16.1.